The van der Waals surface area contributed by atoms with Crippen molar-refractivity contribution < 1.29 is 37.6 Å². The molecule has 5 rings (SSSR count). The molecule has 2 aromatic carbocycles. The van der Waals surface area contributed by atoms with Crippen LogP contribution in [-0.4, -0.2) is 75.4 Å². The Morgan fingerprint density at radius 2 is 1.73 bits per heavy atom. The molecule has 3 aliphatic rings. The number of rotatable bonds is 10. The van der Waals surface area contributed by atoms with Gasteiger partial charge in [-0.15, -0.1) is 0 Å². The summed E-state index contributed by atoms with van der Waals surface area (Å²) in [6.45, 7) is 5.38. The van der Waals surface area contributed by atoms with Crippen LogP contribution in [0.1, 0.15) is 57.6 Å². The molecule has 12 nitrogen and oxygen atoms in total. The molecule has 262 valence electrons. The van der Waals surface area contributed by atoms with Crippen LogP contribution in [0.2, 0.25) is 0 Å². The number of para-hydroxylation sites is 1. The Morgan fingerprint density at radius 1 is 1.06 bits per heavy atom. The molecule has 1 saturated carbocycles. The number of nitrogens with zero attached hydrogens (tertiary/aromatic N) is 2. The minimum Gasteiger partial charge on any atom is -0.410 e. The minimum atomic E-state index is -2.89. The maximum absolute atomic E-state index is 14.6. The zero-order chi connectivity index (χ0) is 35.7. The van der Waals surface area contributed by atoms with Crippen molar-refractivity contribution in [3.8, 4) is 0 Å². The van der Waals surface area contributed by atoms with Gasteiger partial charge in [0.1, 0.15) is 17.4 Å². The summed E-state index contributed by atoms with van der Waals surface area (Å²) < 4.78 is 42.6. The van der Waals surface area contributed by atoms with Crippen LogP contribution >= 0.6 is 0 Å². The highest BCUT2D eigenvalue weighted by Gasteiger charge is 2.53. The van der Waals surface area contributed by atoms with Gasteiger partial charge >= 0.3 is 6.03 Å². The van der Waals surface area contributed by atoms with Crippen molar-refractivity contribution in [3.05, 3.63) is 59.4 Å². The van der Waals surface area contributed by atoms with Gasteiger partial charge in [0, 0.05) is 37.9 Å². The van der Waals surface area contributed by atoms with Gasteiger partial charge in [0.2, 0.25) is 11.8 Å². The van der Waals surface area contributed by atoms with E-state index in [0.29, 0.717) is 11.3 Å². The summed E-state index contributed by atoms with van der Waals surface area (Å²) in [7, 11) is 0. The molecule has 2 aromatic rings. The van der Waals surface area contributed by atoms with Crippen LogP contribution in [0.4, 0.5) is 29.3 Å². The predicted octanol–water partition coefficient (Wildman–Crippen LogP) is 4.47. The molecule has 0 radical (unpaired) electrons. The Labute approximate surface area is 281 Å². The second-order valence-electron chi connectivity index (χ2n) is 13.4. The molecule has 0 bridgehead atoms. The van der Waals surface area contributed by atoms with Crippen molar-refractivity contribution in [3.63, 3.8) is 0 Å². The van der Waals surface area contributed by atoms with Gasteiger partial charge in [-0.25, -0.2) is 18.0 Å². The third kappa shape index (κ3) is 7.39. The number of halogens is 3. The van der Waals surface area contributed by atoms with Crippen LogP contribution in [0.3, 0.4) is 0 Å². The van der Waals surface area contributed by atoms with Gasteiger partial charge < -0.3 is 36.8 Å². The molecule has 0 spiro atoms. The number of oxime groups is 1. The Kier molecular flexibility index (Phi) is 10.0. The van der Waals surface area contributed by atoms with Gasteiger partial charge in [-0.1, -0.05) is 37.2 Å². The Morgan fingerprint density at radius 3 is 2.35 bits per heavy atom. The highest BCUT2D eigenvalue weighted by Crippen LogP contribution is 2.40. The van der Waals surface area contributed by atoms with E-state index in [1.54, 1.807) is 24.3 Å². The van der Waals surface area contributed by atoms with Gasteiger partial charge in [0.05, 0.1) is 17.4 Å². The maximum atomic E-state index is 14.6. The third-order valence-electron chi connectivity index (χ3n) is 9.71. The lowest BCUT2D eigenvalue weighted by molar-refractivity contribution is -0.126. The summed E-state index contributed by atoms with van der Waals surface area (Å²) in [4.78, 5) is 55.4. The van der Waals surface area contributed by atoms with Crippen LogP contribution in [0.15, 0.2) is 47.6 Å². The lowest BCUT2D eigenvalue weighted by Gasteiger charge is -2.36. The number of carbonyl (C=O) groups excluding carboxylic acids is 4. The number of benzene rings is 2. The van der Waals surface area contributed by atoms with Gasteiger partial charge in [0.15, 0.2) is 5.71 Å². The van der Waals surface area contributed by atoms with Gasteiger partial charge in [-0.05, 0) is 67.0 Å². The molecule has 1 heterocycles. The third-order valence-corrected chi connectivity index (χ3v) is 9.71. The molecule has 15 heteroatoms. The molecule has 2 aliphatic carbocycles. The summed E-state index contributed by atoms with van der Waals surface area (Å²) in [6.07, 6.45) is -0.883. The number of amides is 5. The second-order valence-corrected chi connectivity index (χ2v) is 13.4. The van der Waals surface area contributed by atoms with E-state index >= 15 is 0 Å². The number of carbonyl (C=O) groups is 4. The van der Waals surface area contributed by atoms with Crippen LogP contribution in [-0.2, 0) is 27.2 Å². The standard InChI is InChI=1S/C34H40F3N7O5/c1-18(2)26-17-44(32(48)41-26)33(31(47)40-25-7-5-4-6-24(25)35)15-21-8-9-23(14-22(21)16-33)39-30(46)28(20-10-12-34(36,37)13-11-20)42-29(45)27(43-49)19(3)38/h4-9,14,18,20,26,28,38,49H,10-13,15-17H2,1-3H3,(H,39,46)(H,40,47)(H,41,48)(H,42,45)/b38-19?,43-27+/t26-,28-,33?/m0/s1. The van der Waals surface area contributed by atoms with E-state index in [2.05, 4.69) is 26.4 Å². The fourth-order valence-electron chi connectivity index (χ4n) is 6.83. The van der Waals surface area contributed by atoms with Crippen molar-refractivity contribution in [1.29, 1.82) is 5.41 Å². The number of anilines is 2. The SMILES string of the molecule is CC(=N)/C(=N\O)C(=O)N[C@H](C(=O)Nc1ccc2c(c1)CC(C(=O)Nc1ccccc1F)(N1C[C@@H](C(C)C)NC1=O)C2)C1CCC(F)(F)CC1. The minimum absolute atomic E-state index is 0.0306. The zero-order valence-corrected chi connectivity index (χ0v) is 27.4. The van der Waals surface area contributed by atoms with E-state index in [4.69, 9.17) is 5.41 Å². The largest absolute Gasteiger partial charge is 0.410 e. The van der Waals surface area contributed by atoms with E-state index in [0.717, 1.165) is 5.56 Å². The number of alkyl halides is 2. The Balaban J connectivity index is 1.41. The van der Waals surface area contributed by atoms with E-state index in [9.17, 15) is 37.6 Å². The van der Waals surface area contributed by atoms with Crippen molar-refractivity contribution >= 4 is 46.6 Å². The number of urea groups is 1. The number of fused-ring (bicyclic) bond motifs is 1. The molecule has 0 aromatic heterocycles. The number of nitrogens with one attached hydrogen (secondary N) is 5. The molecule has 49 heavy (non-hydrogen) atoms. The Hall–Kier alpha value is -4.95. The molecule has 1 saturated heterocycles. The van der Waals surface area contributed by atoms with Crippen molar-refractivity contribution in [2.24, 2.45) is 17.0 Å². The van der Waals surface area contributed by atoms with Crippen LogP contribution < -0.4 is 21.3 Å². The summed E-state index contributed by atoms with van der Waals surface area (Å²) in [5.74, 6) is -6.39. The molecule has 5 amide bonds. The molecular weight excluding hydrogens is 643 g/mol. The first-order valence-corrected chi connectivity index (χ1v) is 16.2. The molecule has 3 atom stereocenters. The fourth-order valence-corrected chi connectivity index (χ4v) is 6.83. The summed E-state index contributed by atoms with van der Waals surface area (Å²) in [5.41, 5.74) is -0.762. The normalized spacial score (nSPS) is 22.7. The van der Waals surface area contributed by atoms with Crippen LogP contribution in [0.5, 0.6) is 0 Å². The van der Waals surface area contributed by atoms with Crippen LogP contribution in [0, 0.1) is 23.1 Å². The first-order chi connectivity index (χ1) is 23.1. The highest BCUT2D eigenvalue weighted by atomic mass is 19.3. The number of hydrogen-bond acceptors (Lipinski definition) is 7. The zero-order valence-electron chi connectivity index (χ0n) is 27.4. The van der Waals surface area contributed by atoms with Gasteiger partial charge in [-0.3, -0.25) is 14.4 Å². The summed E-state index contributed by atoms with van der Waals surface area (Å²) >= 11 is 0. The average Bonchev–Trinajstić information content (AvgIpc) is 3.63. The molecular formula is C34H40F3N7O5. The quantitative estimate of drug-likeness (QED) is 0.123. The molecule has 6 N–H and O–H groups in total. The van der Waals surface area contributed by atoms with Crippen LogP contribution in [0.25, 0.3) is 0 Å². The fraction of sp³-hybridized carbons (Fsp3) is 0.471. The van der Waals surface area contributed by atoms with Crippen molar-refractivity contribution in [2.45, 2.75) is 82.8 Å². The lowest BCUT2D eigenvalue weighted by Crippen LogP contribution is -2.59. The Bertz CT molecular complexity index is 1690. The van der Waals surface area contributed by atoms with Crippen molar-refractivity contribution in [2.75, 3.05) is 17.2 Å². The maximum Gasteiger partial charge on any atom is 0.318 e. The van der Waals surface area contributed by atoms with E-state index in [-0.39, 0.29) is 55.6 Å². The average molecular weight is 684 g/mol. The summed E-state index contributed by atoms with van der Waals surface area (Å²) in [6, 6.07) is 8.75. The molecule has 1 aliphatic heterocycles. The molecule has 1 unspecified atom stereocenters. The highest BCUT2D eigenvalue weighted by molar-refractivity contribution is 6.65. The smallest absolute Gasteiger partial charge is 0.318 e. The van der Waals surface area contributed by atoms with E-state index in [1.807, 2.05) is 13.8 Å². The topological polar surface area (TPSA) is 176 Å². The van der Waals surface area contributed by atoms with E-state index in [1.165, 1.54) is 30.0 Å². The molecule has 2 fully saturated rings. The second kappa shape index (κ2) is 13.9. The first-order valence-electron chi connectivity index (χ1n) is 16.2. The summed E-state index contributed by atoms with van der Waals surface area (Å²) in [5, 5.41) is 30.6. The number of hydrogen-bond donors (Lipinski definition) is 6. The van der Waals surface area contributed by atoms with E-state index < -0.39 is 71.5 Å². The van der Waals surface area contributed by atoms with Gasteiger partial charge in [-0.2, -0.15) is 0 Å². The van der Waals surface area contributed by atoms with Crippen molar-refractivity contribution in [1.82, 2.24) is 15.5 Å². The predicted molar refractivity (Wildman–Crippen MR) is 176 cm³/mol. The van der Waals surface area contributed by atoms with Gasteiger partial charge in [0.25, 0.3) is 11.8 Å². The monoisotopic (exact) mass is 683 g/mol. The first kappa shape index (κ1) is 35.4. The lowest BCUT2D eigenvalue weighted by atomic mass is 9.81.